The minimum Gasteiger partial charge on any atom is -0.466 e. The summed E-state index contributed by atoms with van der Waals surface area (Å²) in [5.41, 5.74) is 0. The number of rotatable bonds is 5. The maximum atomic E-state index is 13.6. The fourth-order valence-electron chi connectivity index (χ4n) is 0.981. The zero-order valence-corrected chi connectivity index (χ0v) is 9.02. The predicted molar refractivity (Wildman–Crippen MR) is 49.3 cm³/mol. The second kappa shape index (κ2) is 5.30. The zero-order chi connectivity index (χ0) is 9.61. The number of hydrogen-bond acceptors (Lipinski definition) is 2. The molecule has 2 nitrogen and oxygen atoms in total. The van der Waals surface area contributed by atoms with E-state index in [9.17, 15) is 8.90 Å². The predicted octanol–water partition coefficient (Wildman–Crippen LogP) is 2.50. The molecule has 0 saturated carbocycles. The molecule has 0 rings (SSSR count). The summed E-state index contributed by atoms with van der Waals surface area (Å²) in [4.78, 5) is 10.4. The van der Waals surface area contributed by atoms with Crippen molar-refractivity contribution in [3.63, 3.8) is 0 Å². The Morgan fingerprint density at radius 1 is 1.42 bits per heavy atom. The lowest BCUT2D eigenvalue weighted by molar-refractivity contribution is -0.140. The molecule has 0 amide bonds. The molecule has 0 radical (unpaired) electrons. The highest BCUT2D eigenvalue weighted by Crippen LogP contribution is 2.21. The van der Waals surface area contributed by atoms with E-state index < -0.39 is 8.41 Å². The molecule has 0 heterocycles. The highest BCUT2D eigenvalue weighted by molar-refractivity contribution is 6.73. The molecule has 0 aliphatic rings. The van der Waals surface area contributed by atoms with E-state index in [2.05, 4.69) is 0 Å². The second-order valence-electron chi connectivity index (χ2n) is 2.95. The molecule has 0 aliphatic heterocycles. The largest absolute Gasteiger partial charge is 0.466 e. The van der Waals surface area contributed by atoms with E-state index in [4.69, 9.17) is 4.74 Å². The van der Waals surface area contributed by atoms with Crippen molar-refractivity contribution in [2.24, 2.45) is 0 Å². The first-order valence-corrected chi connectivity index (χ1v) is 6.86. The quantitative estimate of drug-likeness (QED) is 0.380. The number of ether oxygens (including phenoxy) is 1. The van der Waals surface area contributed by atoms with Crippen LogP contribution >= 0.6 is 0 Å². The Morgan fingerprint density at radius 2 is 1.92 bits per heavy atom. The van der Waals surface area contributed by atoms with Crippen LogP contribution in [0.1, 0.15) is 20.8 Å². The third-order valence-corrected chi connectivity index (χ3v) is 5.76. The normalized spacial score (nSPS) is 11.3. The van der Waals surface area contributed by atoms with Crippen molar-refractivity contribution in [1.29, 1.82) is 0 Å². The summed E-state index contributed by atoms with van der Waals surface area (Å²) < 4.78 is 18.3. The van der Waals surface area contributed by atoms with Crippen LogP contribution in [-0.2, 0) is 9.53 Å². The van der Waals surface area contributed by atoms with Gasteiger partial charge >= 0.3 is 5.97 Å². The fraction of sp³-hybridized carbons (Fsp3) is 0.875. The van der Waals surface area contributed by atoms with E-state index in [-0.39, 0.29) is 12.6 Å². The van der Waals surface area contributed by atoms with Gasteiger partial charge in [-0.15, -0.1) is 0 Å². The maximum absolute atomic E-state index is 13.6. The lowest BCUT2D eigenvalue weighted by atomic mass is 10.8. The smallest absolute Gasteiger partial charge is 0.302 e. The van der Waals surface area contributed by atoms with Crippen LogP contribution in [0.2, 0.25) is 18.1 Å². The number of esters is 1. The van der Waals surface area contributed by atoms with Crippen molar-refractivity contribution in [3.8, 4) is 0 Å². The first-order valence-electron chi connectivity index (χ1n) is 4.36. The Bertz CT molecular complexity index is 146. The maximum Gasteiger partial charge on any atom is 0.302 e. The van der Waals surface area contributed by atoms with Crippen molar-refractivity contribution in [3.05, 3.63) is 0 Å². The standard InChI is InChI=1S/C8H17FO2Si/c1-4-12(9,5-2)7-6-11-8(3)10/h4-7H2,1-3H3. The highest BCUT2D eigenvalue weighted by atomic mass is 28.4. The zero-order valence-electron chi connectivity index (χ0n) is 8.02. The van der Waals surface area contributed by atoms with Gasteiger partial charge in [-0.25, -0.2) is 0 Å². The van der Waals surface area contributed by atoms with Crippen LogP contribution in [0.5, 0.6) is 0 Å². The second-order valence-corrected chi connectivity index (χ2v) is 7.16. The third-order valence-electron chi connectivity index (χ3n) is 2.12. The lowest BCUT2D eigenvalue weighted by Crippen LogP contribution is -2.28. The molecule has 0 aromatic heterocycles. The van der Waals surface area contributed by atoms with Gasteiger partial charge in [0, 0.05) is 13.0 Å². The van der Waals surface area contributed by atoms with Crippen LogP contribution in [0.15, 0.2) is 0 Å². The summed E-state index contributed by atoms with van der Waals surface area (Å²) in [6, 6.07) is 1.68. The van der Waals surface area contributed by atoms with Gasteiger partial charge in [-0.3, -0.25) is 4.79 Å². The monoisotopic (exact) mass is 192 g/mol. The fourth-order valence-corrected chi connectivity index (χ4v) is 2.66. The summed E-state index contributed by atoms with van der Waals surface area (Å²) in [5.74, 6) is -0.321. The van der Waals surface area contributed by atoms with Gasteiger partial charge in [0.1, 0.15) is 0 Å². The van der Waals surface area contributed by atoms with Crippen LogP contribution in [0.3, 0.4) is 0 Å². The number of hydrogen-bond donors (Lipinski definition) is 0. The molecule has 72 valence electrons. The van der Waals surface area contributed by atoms with Crippen molar-refractivity contribution in [2.75, 3.05) is 6.61 Å². The van der Waals surface area contributed by atoms with E-state index in [1.807, 2.05) is 13.8 Å². The van der Waals surface area contributed by atoms with Gasteiger partial charge in [-0.1, -0.05) is 13.8 Å². The molecule has 0 aromatic rings. The number of halogens is 1. The van der Waals surface area contributed by atoms with E-state index in [1.54, 1.807) is 0 Å². The molecule has 0 aliphatic carbocycles. The Kier molecular flexibility index (Phi) is 5.13. The molecule has 0 unspecified atom stereocenters. The molecule has 0 N–H and O–H groups in total. The van der Waals surface area contributed by atoms with E-state index in [1.165, 1.54) is 6.92 Å². The molecule has 0 bridgehead atoms. The minimum atomic E-state index is -2.54. The van der Waals surface area contributed by atoms with Crippen LogP contribution in [0.4, 0.5) is 4.11 Å². The average Bonchev–Trinajstić information content (AvgIpc) is 2.03. The number of carbonyl (C=O) groups excluding carboxylic acids is 1. The van der Waals surface area contributed by atoms with Gasteiger partial charge in [0.2, 0.25) is 8.41 Å². The minimum absolute atomic E-state index is 0.250. The third kappa shape index (κ3) is 4.49. The van der Waals surface area contributed by atoms with Gasteiger partial charge < -0.3 is 8.84 Å². The van der Waals surface area contributed by atoms with Gasteiger partial charge in [-0.05, 0) is 12.1 Å². The first-order chi connectivity index (χ1) is 5.54. The lowest BCUT2D eigenvalue weighted by Gasteiger charge is -2.17. The summed E-state index contributed by atoms with van der Waals surface area (Å²) in [6.07, 6.45) is 0. The molecule has 0 spiro atoms. The Labute approximate surface area is 74.3 Å². The van der Waals surface area contributed by atoms with Crippen molar-refractivity contribution in [2.45, 2.75) is 38.9 Å². The molecule has 4 heteroatoms. The number of carbonyl (C=O) groups is 1. The van der Waals surface area contributed by atoms with Gasteiger partial charge in [0.05, 0.1) is 6.61 Å². The Hall–Kier alpha value is -0.383. The summed E-state index contributed by atoms with van der Waals surface area (Å²) in [7, 11) is -2.54. The Balaban J connectivity index is 3.65. The van der Waals surface area contributed by atoms with Gasteiger partial charge in [0.15, 0.2) is 0 Å². The van der Waals surface area contributed by atoms with Crippen molar-refractivity contribution >= 4 is 14.4 Å². The molecule has 12 heavy (non-hydrogen) atoms. The molecular weight excluding hydrogens is 175 g/mol. The summed E-state index contributed by atoms with van der Waals surface area (Å²) >= 11 is 0. The topological polar surface area (TPSA) is 26.3 Å². The van der Waals surface area contributed by atoms with Crippen LogP contribution in [0, 0.1) is 0 Å². The molecule has 0 aromatic carbocycles. The highest BCUT2D eigenvalue weighted by Gasteiger charge is 2.29. The van der Waals surface area contributed by atoms with E-state index in [0.29, 0.717) is 18.1 Å². The van der Waals surface area contributed by atoms with Crippen molar-refractivity contribution < 1.29 is 13.6 Å². The van der Waals surface area contributed by atoms with E-state index >= 15 is 0 Å². The molecule has 0 atom stereocenters. The SMILES string of the molecule is CC[Si](F)(CC)CCOC(C)=O. The van der Waals surface area contributed by atoms with Crippen molar-refractivity contribution in [1.82, 2.24) is 0 Å². The summed E-state index contributed by atoms with van der Waals surface area (Å²) in [5, 5.41) is 0. The van der Waals surface area contributed by atoms with Crippen LogP contribution in [-0.4, -0.2) is 21.0 Å². The first kappa shape index (κ1) is 11.6. The average molecular weight is 192 g/mol. The van der Waals surface area contributed by atoms with Crippen LogP contribution in [0.25, 0.3) is 0 Å². The van der Waals surface area contributed by atoms with Gasteiger partial charge in [0.25, 0.3) is 0 Å². The molecular formula is C8H17FO2Si. The molecule has 0 saturated heterocycles. The summed E-state index contributed by atoms with van der Waals surface area (Å²) in [6.45, 7) is 5.33. The Morgan fingerprint density at radius 3 is 2.25 bits per heavy atom. The van der Waals surface area contributed by atoms with Gasteiger partial charge in [-0.2, -0.15) is 0 Å². The van der Waals surface area contributed by atoms with E-state index in [0.717, 1.165) is 0 Å². The molecule has 0 fully saturated rings. The van der Waals surface area contributed by atoms with Crippen LogP contribution < -0.4 is 0 Å².